The van der Waals surface area contributed by atoms with Crippen molar-refractivity contribution in [3.8, 4) is 0 Å². The monoisotopic (exact) mass is 317 g/mol. The van der Waals surface area contributed by atoms with Crippen LogP contribution in [0.5, 0.6) is 0 Å². The molecule has 2 aromatic carbocycles. The van der Waals surface area contributed by atoms with E-state index in [-0.39, 0.29) is 6.04 Å². The van der Waals surface area contributed by atoms with Crippen LogP contribution in [0.4, 0.5) is 0 Å². The van der Waals surface area contributed by atoms with Gasteiger partial charge in [-0.05, 0) is 41.2 Å². The number of hydrogen-bond acceptors (Lipinski definition) is 1. The lowest BCUT2D eigenvalue weighted by Crippen LogP contribution is -2.13. The molecule has 2 N–H and O–H groups in total. The van der Waals surface area contributed by atoms with Crippen molar-refractivity contribution in [2.75, 3.05) is 0 Å². The van der Waals surface area contributed by atoms with Gasteiger partial charge >= 0.3 is 0 Å². The number of benzene rings is 2. The molecule has 100 valence electrons. The molecule has 2 aromatic rings. The van der Waals surface area contributed by atoms with Crippen molar-refractivity contribution in [1.29, 1.82) is 0 Å². The Bertz CT molecular complexity index is 514. The fraction of sp³-hybridized carbons (Fsp3) is 0.294. The summed E-state index contributed by atoms with van der Waals surface area (Å²) in [6.07, 6.45) is 0.875. The first-order valence-electron chi connectivity index (χ1n) is 6.66. The standard InChI is InChI=1S/C17H20BrN/c1-12(2)14-5-3-13(4-6-14)11-17(19)15-7-9-16(18)10-8-15/h3-10,12,17H,11,19H2,1-2H3. The van der Waals surface area contributed by atoms with Crippen LogP contribution in [-0.4, -0.2) is 0 Å². The molecule has 0 aliphatic heterocycles. The smallest absolute Gasteiger partial charge is 0.0335 e. The Kier molecular flexibility index (Phi) is 4.78. The normalized spacial score (nSPS) is 12.7. The van der Waals surface area contributed by atoms with Crippen LogP contribution in [0, 0.1) is 0 Å². The molecule has 0 heterocycles. The minimum absolute atomic E-state index is 0.0537. The van der Waals surface area contributed by atoms with Crippen molar-refractivity contribution in [3.63, 3.8) is 0 Å². The van der Waals surface area contributed by atoms with E-state index < -0.39 is 0 Å². The summed E-state index contributed by atoms with van der Waals surface area (Å²) in [6, 6.07) is 17.1. The Labute approximate surface area is 124 Å². The molecule has 19 heavy (non-hydrogen) atoms. The number of hydrogen-bond donors (Lipinski definition) is 1. The van der Waals surface area contributed by atoms with E-state index in [9.17, 15) is 0 Å². The van der Waals surface area contributed by atoms with Gasteiger partial charge in [0.25, 0.3) is 0 Å². The van der Waals surface area contributed by atoms with Crippen molar-refractivity contribution in [2.24, 2.45) is 5.73 Å². The van der Waals surface area contributed by atoms with Crippen LogP contribution in [0.3, 0.4) is 0 Å². The Hall–Kier alpha value is -1.12. The first-order chi connectivity index (χ1) is 9.06. The van der Waals surface area contributed by atoms with E-state index in [1.54, 1.807) is 0 Å². The van der Waals surface area contributed by atoms with Crippen LogP contribution >= 0.6 is 15.9 Å². The molecule has 2 heteroatoms. The molecule has 0 aliphatic carbocycles. The van der Waals surface area contributed by atoms with Crippen molar-refractivity contribution in [2.45, 2.75) is 32.2 Å². The Morgan fingerprint density at radius 1 is 0.895 bits per heavy atom. The second-order valence-electron chi connectivity index (χ2n) is 5.26. The van der Waals surface area contributed by atoms with Gasteiger partial charge < -0.3 is 5.73 Å². The van der Waals surface area contributed by atoms with E-state index in [1.807, 2.05) is 12.1 Å². The van der Waals surface area contributed by atoms with Crippen molar-refractivity contribution in [3.05, 3.63) is 69.7 Å². The summed E-state index contributed by atoms with van der Waals surface area (Å²) in [5.41, 5.74) is 10.1. The molecule has 0 aromatic heterocycles. The minimum atomic E-state index is 0.0537. The van der Waals surface area contributed by atoms with E-state index in [0.29, 0.717) is 5.92 Å². The van der Waals surface area contributed by atoms with Gasteiger partial charge in [-0.2, -0.15) is 0 Å². The molecule has 0 amide bonds. The second kappa shape index (κ2) is 6.36. The van der Waals surface area contributed by atoms with Gasteiger partial charge in [0.05, 0.1) is 0 Å². The molecule has 0 bridgehead atoms. The third kappa shape index (κ3) is 3.92. The number of halogens is 1. The maximum Gasteiger partial charge on any atom is 0.0335 e. The molecule has 0 radical (unpaired) electrons. The first-order valence-corrected chi connectivity index (χ1v) is 7.45. The van der Waals surface area contributed by atoms with Crippen molar-refractivity contribution < 1.29 is 0 Å². The van der Waals surface area contributed by atoms with Crippen LogP contribution in [0.1, 0.15) is 42.5 Å². The van der Waals surface area contributed by atoms with Gasteiger partial charge in [-0.3, -0.25) is 0 Å². The fourth-order valence-electron chi connectivity index (χ4n) is 2.12. The largest absolute Gasteiger partial charge is 0.324 e. The molecular weight excluding hydrogens is 298 g/mol. The zero-order valence-corrected chi connectivity index (χ0v) is 13.0. The van der Waals surface area contributed by atoms with Gasteiger partial charge in [0, 0.05) is 10.5 Å². The quantitative estimate of drug-likeness (QED) is 0.860. The molecule has 1 atom stereocenters. The zero-order valence-electron chi connectivity index (χ0n) is 11.4. The average molecular weight is 318 g/mol. The lowest BCUT2D eigenvalue weighted by Gasteiger charge is -2.13. The SMILES string of the molecule is CC(C)c1ccc(CC(N)c2ccc(Br)cc2)cc1. The van der Waals surface area contributed by atoms with Crippen LogP contribution in [-0.2, 0) is 6.42 Å². The van der Waals surface area contributed by atoms with Gasteiger partial charge in [0.1, 0.15) is 0 Å². The van der Waals surface area contributed by atoms with E-state index in [2.05, 4.69) is 66.2 Å². The Morgan fingerprint density at radius 3 is 1.95 bits per heavy atom. The first kappa shape index (κ1) is 14.3. The van der Waals surface area contributed by atoms with Crippen molar-refractivity contribution in [1.82, 2.24) is 0 Å². The van der Waals surface area contributed by atoms with Crippen molar-refractivity contribution >= 4 is 15.9 Å². The lowest BCUT2D eigenvalue weighted by atomic mass is 9.97. The predicted molar refractivity (Wildman–Crippen MR) is 85.3 cm³/mol. The highest BCUT2D eigenvalue weighted by Gasteiger charge is 2.07. The van der Waals surface area contributed by atoms with Crippen LogP contribution < -0.4 is 5.73 Å². The molecule has 2 rings (SSSR count). The second-order valence-corrected chi connectivity index (χ2v) is 6.17. The van der Waals surface area contributed by atoms with Gasteiger partial charge in [0.15, 0.2) is 0 Å². The van der Waals surface area contributed by atoms with Gasteiger partial charge in [0.2, 0.25) is 0 Å². The Balaban J connectivity index is 2.06. The summed E-state index contributed by atoms with van der Waals surface area (Å²) in [4.78, 5) is 0. The summed E-state index contributed by atoms with van der Waals surface area (Å²) >= 11 is 3.44. The van der Waals surface area contributed by atoms with Crippen LogP contribution in [0.15, 0.2) is 53.0 Å². The van der Waals surface area contributed by atoms with Crippen LogP contribution in [0.2, 0.25) is 0 Å². The highest BCUT2D eigenvalue weighted by atomic mass is 79.9. The van der Waals surface area contributed by atoms with Gasteiger partial charge in [-0.1, -0.05) is 66.2 Å². The molecule has 0 saturated heterocycles. The van der Waals surface area contributed by atoms with Crippen LogP contribution in [0.25, 0.3) is 0 Å². The molecule has 1 unspecified atom stereocenters. The molecule has 0 fully saturated rings. The highest BCUT2D eigenvalue weighted by molar-refractivity contribution is 9.10. The van der Waals surface area contributed by atoms with E-state index in [4.69, 9.17) is 5.73 Å². The summed E-state index contributed by atoms with van der Waals surface area (Å²) in [5, 5.41) is 0. The molecule has 0 saturated carbocycles. The third-order valence-electron chi connectivity index (χ3n) is 3.40. The predicted octanol–water partition coefficient (Wildman–Crippen LogP) is 4.82. The molecular formula is C17H20BrN. The average Bonchev–Trinajstić information content (AvgIpc) is 2.40. The van der Waals surface area contributed by atoms with E-state index >= 15 is 0 Å². The highest BCUT2D eigenvalue weighted by Crippen LogP contribution is 2.20. The summed E-state index contributed by atoms with van der Waals surface area (Å²) in [5.74, 6) is 0.578. The third-order valence-corrected chi connectivity index (χ3v) is 3.93. The maximum atomic E-state index is 6.26. The number of rotatable bonds is 4. The molecule has 0 aliphatic rings. The summed E-state index contributed by atoms with van der Waals surface area (Å²) in [7, 11) is 0. The molecule has 0 spiro atoms. The molecule has 1 nitrogen and oxygen atoms in total. The minimum Gasteiger partial charge on any atom is -0.324 e. The van der Waals surface area contributed by atoms with Gasteiger partial charge in [-0.15, -0.1) is 0 Å². The van der Waals surface area contributed by atoms with E-state index in [0.717, 1.165) is 10.9 Å². The lowest BCUT2D eigenvalue weighted by molar-refractivity contribution is 0.721. The number of nitrogens with two attached hydrogens (primary N) is 1. The zero-order chi connectivity index (χ0) is 13.8. The van der Waals surface area contributed by atoms with Gasteiger partial charge in [-0.25, -0.2) is 0 Å². The van der Waals surface area contributed by atoms with E-state index in [1.165, 1.54) is 16.7 Å². The maximum absolute atomic E-state index is 6.26. The summed E-state index contributed by atoms with van der Waals surface area (Å²) < 4.78 is 1.09. The Morgan fingerprint density at radius 2 is 1.42 bits per heavy atom. The summed E-state index contributed by atoms with van der Waals surface area (Å²) in [6.45, 7) is 4.42. The fourth-order valence-corrected chi connectivity index (χ4v) is 2.38. The topological polar surface area (TPSA) is 26.0 Å².